The summed E-state index contributed by atoms with van der Waals surface area (Å²) in [4.78, 5) is 0. The zero-order valence-corrected chi connectivity index (χ0v) is 12.3. The standard InChI is InChI=1S/C17H29N/c1-4-7-17(14-18-12-5-2)13-16-10-8-15(6-3)9-11-16/h8-11,17-18H,4-7,12-14H2,1-3H3. The molecule has 1 N–H and O–H groups in total. The van der Waals surface area contributed by atoms with Crippen LogP contribution in [0.5, 0.6) is 0 Å². The Morgan fingerprint density at radius 3 is 2.17 bits per heavy atom. The van der Waals surface area contributed by atoms with Gasteiger partial charge in [-0.3, -0.25) is 0 Å². The van der Waals surface area contributed by atoms with Gasteiger partial charge in [0.15, 0.2) is 0 Å². The van der Waals surface area contributed by atoms with Crippen LogP contribution in [0.1, 0.15) is 51.2 Å². The zero-order valence-electron chi connectivity index (χ0n) is 12.3. The molecule has 0 saturated carbocycles. The molecule has 0 saturated heterocycles. The molecule has 0 radical (unpaired) electrons. The molecule has 0 fully saturated rings. The van der Waals surface area contributed by atoms with Gasteiger partial charge in [-0.2, -0.15) is 0 Å². The van der Waals surface area contributed by atoms with Crippen LogP contribution in [0.2, 0.25) is 0 Å². The summed E-state index contributed by atoms with van der Waals surface area (Å²) in [6, 6.07) is 9.16. The lowest BCUT2D eigenvalue weighted by Crippen LogP contribution is -2.25. The highest BCUT2D eigenvalue weighted by atomic mass is 14.8. The van der Waals surface area contributed by atoms with E-state index in [2.05, 4.69) is 50.4 Å². The normalized spacial score (nSPS) is 12.6. The van der Waals surface area contributed by atoms with Gasteiger partial charge in [0.05, 0.1) is 0 Å². The fraction of sp³-hybridized carbons (Fsp3) is 0.647. The Morgan fingerprint density at radius 1 is 0.944 bits per heavy atom. The SMILES string of the molecule is CCCNCC(CCC)Cc1ccc(CC)cc1. The fourth-order valence-corrected chi connectivity index (χ4v) is 2.41. The summed E-state index contributed by atoms with van der Waals surface area (Å²) in [6.45, 7) is 9.04. The fourth-order valence-electron chi connectivity index (χ4n) is 2.41. The Bertz CT molecular complexity index is 302. The maximum Gasteiger partial charge on any atom is -0.00173 e. The molecule has 1 aromatic carbocycles. The smallest absolute Gasteiger partial charge is 0.00173 e. The van der Waals surface area contributed by atoms with Gasteiger partial charge < -0.3 is 5.32 Å². The molecule has 0 spiro atoms. The minimum atomic E-state index is 0.786. The van der Waals surface area contributed by atoms with Gasteiger partial charge in [-0.25, -0.2) is 0 Å². The number of hydrogen-bond donors (Lipinski definition) is 1. The van der Waals surface area contributed by atoms with Crippen LogP contribution in [-0.4, -0.2) is 13.1 Å². The summed E-state index contributed by atoms with van der Waals surface area (Å²) in [5, 5.41) is 3.56. The van der Waals surface area contributed by atoms with Crippen LogP contribution in [0, 0.1) is 5.92 Å². The van der Waals surface area contributed by atoms with Crippen LogP contribution >= 0.6 is 0 Å². The minimum Gasteiger partial charge on any atom is -0.316 e. The van der Waals surface area contributed by atoms with E-state index < -0.39 is 0 Å². The summed E-state index contributed by atoms with van der Waals surface area (Å²) < 4.78 is 0. The lowest BCUT2D eigenvalue weighted by Gasteiger charge is -2.17. The molecule has 1 rings (SSSR count). The second kappa shape index (κ2) is 9.16. The quantitative estimate of drug-likeness (QED) is 0.645. The van der Waals surface area contributed by atoms with Crippen molar-refractivity contribution >= 4 is 0 Å². The van der Waals surface area contributed by atoms with Gasteiger partial charge in [-0.1, -0.05) is 51.5 Å². The van der Waals surface area contributed by atoms with Crippen molar-refractivity contribution in [3.63, 3.8) is 0 Å². The molecule has 1 atom stereocenters. The summed E-state index contributed by atoms with van der Waals surface area (Å²) >= 11 is 0. The Hall–Kier alpha value is -0.820. The van der Waals surface area contributed by atoms with Gasteiger partial charge in [0.25, 0.3) is 0 Å². The molecular weight excluding hydrogens is 218 g/mol. The van der Waals surface area contributed by atoms with Crippen LogP contribution in [0.3, 0.4) is 0 Å². The van der Waals surface area contributed by atoms with Crippen molar-refractivity contribution in [2.45, 2.75) is 52.9 Å². The van der Waals surface area contributed by atoms with Gasteiger partial charge in [-0.05, 0) is 55.8 Å². The summed E-state index contributed by atoms with van der Waals surface area (Å²) in [5.74, 6) is 0.786. The molecule has 1 unspecified atom stereocenters. The van der Waals surface area contributed by atoms with Crippen molar-refractivity contribution in [1.82, 2.24) is 5.32 Å². The van der Waals surface area contributed by atoms with Crippen LogP contribution in [0.25, 0.3) is 0 Å². The maximum absolute atomic E-state index is 3.56. The molecule has 0 amide bonds. The van der Waals surface area contributed by atoms with Crippen LogP contribution in [-0.2, 0) is 12.8 Å². The van der Waals surface area contributed by atoms with E-state index in [0.29, 0.717) is 0 Å². The summed E-state index contributed by atoms with van der Waals surface area (Å²) in [6.07, 6.45) is 6.19. The van der Waals surface area contributed by atoms with E-state index >= 15 is 0 Å². The van der Waals surface area contributed by atoms with E-state index in [-0.39, 0.29) is 0 Å². The molecule has 1 nitrogen and oxygen atoms in total. The van der Waals surface area contributed by atoms with E-state index in [1.54, 1.807) is 0 Å². The number of nitrogens with one attached hydrogen (secondary N) is 1. The first-order chi connectivity index (χ1) is 8.80. The van der Waals surface area contributed by atoms with E-state index in [4.69, 9.17) is 0 Å². The first-order valence-electron chi connectivity index (χ1n) is 7.58. The molecule has 18 heavy (non-hydrogen) atoms. The molecule has 0 aliphatic heterocycles. The highest BCUT2D eigenvalue weighted by Crippen LogP contribution is 2.14. The van der Waals surface area contributed by atoms with E-state index in [1.165, 1.54) is 36.8 Å². The van der Waals surface area contributed by atoms with E-state index in [9.17, 15) is 0 Å². The number of hydrogen-bond acceptors (Lipinski definition) is 1. The molecule has 0 aliphatic carbocycles. The topological polar surface area (TPSA) is 12.0 Å². The van der Waals surface area contributed by atoms with Gasteiger partial charge in [-0.15, -0.1) is 0 Å². The van der Waals surface area contributed by atoms with Crippen LogP contribution in [0.4, 0.5) is 0 Å². The second-order valence-corrected chi connectivity index (χ2v) is 5.23. The third-order valence-corrected chi connectivity index (χ3v) is 3.51. The van der Waals surface area contributed by atoms with Crippen molar-refractivity contribution in [2.75, 3.05) is 13.1 Å². The number of benzene rings is 1. The van der Waals surface area contributed by atoms with Crippen molar-refractivity contribution in [2.24, 2.45) is 5.92 Å². The Labute approximate surface area is 113 Å². The second-order valence-electron chi connectivity index (χ2n) is 5.23. The van der Waals surface area contributed by atoms with Gasteiger partial charge in [0, 0.05) is 0 Å². The van der Waals surface area contributed by atoms with E-state index in [1.807, 2.05) is 0 Å². The zero-order chi connectivity index (χ0) is 13.2. The maximum atomic E-state index is 3.56. The summed E-state index contributed by atoms with van der Waals surface area (Å²) in [5.41, 5.74) is 2.93. The molecule has 0 bridgehead atoms. The van der Waals surface area contributed by atoms with Gasteiger partial charge in [0.1, 0.15) is 0 Å². The lowest BCUT2D eigenvalue weighted by atomic mass is 9.94. The van der Waals surface area contributed by atoms with Gasteiger partial charge >= 0.3 is 0 Å². The Morgan fingerprint density at radius 2 is 1.61 bits per heavy atom. The largest absolute Gasteiger partial charge is 0.316 e. The number of aryl methyl sites for hydroxylation is 1. The Kier molecular flexibility index (Phi) is 7.75. The third-order valence-electron chi connectivity index (χ3n) is 3.51. The molecule has 1 heteroatoms. The van der Waals surface area contributed by atoms with E-state index in [0.717, 1.165) is 25.4 Å². The molecule has 1 aromatic rings. The average Bonchev–Trinajstić information content (AvgIpc) is 2.40. The molecule has 0 aromatic heterocycles. The monoisotopic (exact) mass is 247 g/mol. The molecule has 102 valence electrons. The lowest BCUT2D eigenvalue weighted by molar-refractivity contribution is 0.439. The molecular formula is C17H29N. The first kappa shape index (κ1) is 15.2. The number of rotatable bonds is 9. The van der Waals surface area contributed by atoms with Crippen molar-refractivity contribution in [1.29, 1.82) is 0 Å². The predicted octanol–water partition coefficient (Wildman–Crippen LogP) is 4.21. The Balaban J connectivity index is 2.47. The third kappa shape index (κ3) is 5.68. The van der Waals surface area contributed by atoms with Crippen molar-refractivity contribution in [3.05, 3.63) is 35.4 Å². The highest BCUT2D eigenvalue weighted by Gasteiger charge is 2.08. The van der Waals surface area contributed by atoms with Crippen LogP contribution < -0.4 is 5.32 Å². The molecule has 0 heterocycles. The molecule has 0 aliphatic rings. The van der Waals surface area contributed by atoms with Crippen molar-refractivity contribution in [3.8, 4) is 0 Å². The van der Waals surface area contributed by atoms with Crippen molar-refractivity contribution < 1.29 is 0 Å². The predicted molar refractivity (Wildman–Crippen MR) is 81.1 cm³/mol. The first-order valence-corrected chi connectivity index (χ1v) is 7.58. The summed E-state index contributed by atoms with van der Waals surface area (Å²) in [7, 11) is 0. The average molecular weight is 247 g/mol. The van der Waals surface area contributed by atoms with Crippen LogP contribution in [0.15, 0.2) is 24.3 Å². The highest BCUT2D eigenvalue weighted by molar-refractivity contribution is 5.22. The van der Waals surface area contributed by atoms with Gasteiger partial charge in [0.2, 0.25) is 0 Å². The minimum absolute atomic E-state index is 0.786.